The summed E-state index contributed by atoms with van der Waals surface area (Å²) in [6, 6.07) is 17.9. The van der Waals surface area contributed by atoms with Crippen LogP contribution in [0.5, 0.6) is 11.5 Å². The van der Waals surface area contributed by atoms with Gasteiger partial charge in [0.15, 0.2) is 16.3 Å². The molecule has 5 rings (SSSR count). The number of allylic oxidation sites excluding steroid dienone is 1. The lowest BCUT2D eigenvalue weighted by molar-refractivity contribution is 0.0998. The van der Waals surface area contributed by atoms with Crippen LogP contribution in [0.25, 0.3) is 10.2 Å². The Balaban J connectivity index is 1.43. The van der Waals surface area contributed by atoms with Crippen LogP contribution >= 0.6 is 11.3 Å². The number of fused-ring (bicyclic) bond motifs is 2. The fourth-order valence-corrected chi connectivity index (χ4v) is 5.62. The van der Waals surface area contributed by atoms with Gasteiger partial charge in [-0.1, -0.05) is 35.6 Å². The van der Waals surface area contributed by atoms with Gasteiger partial charge in [0.05, 0.1) is 15.1 Å². The van der Waals surface area contributed by atoms with Crippen LogP contribution in [-0.4, -0.2) is 25.7 Å². The van der Waals surface area contributed by atoms with Crippen LogP contribution in [0.2, 0.25) is 0 Å². The molecular weight excluding hydrogens is 474 g/mol. The highest BCUT2D eigenvalue weighted by atomic mass is 32.2. The third-order valence-electron chi connectivity index (χ3n) is 5.12. The number of hydrogen-bond donors (Lipinski definition) is 1. The summed E-state index contributed by atoms with van der Waals surface area (Å²) in [7, 11) is -3.72. The summed E-state index contributed by atoms with van der Waals surface area (Å²) >= 11 is 1.36. The minimum absolute atomic E-state index is 0.156. The molecule has 0 unspecified atom stereocenters. The molecule has 0 fully saturated rings. The SMILES string of the molecule is C=CCn1c(=NC(=O)c2ccc(NS(=O)(=O)c3ccccc3)cc2)sc2cc3c(cc21)OCO3. The van der Waals surface area contributed by atoms with E-state index >= 15 is 0 Å². The molecule has 0 bridgehead atoms. The van der Waals surface area contributed by atoms with Crippen molar-refractivity contribution in [2.45, 2.75) is 11.4 Å². The molecule has 0 aliphatic carbocycles. The van der Waals surface area contributed by atoms with Gasteiger partial charge in [-0.3, -0.25) is 9.52 Å². The lowest BCUT2D eigenvalue weighted by Gasteiger charge is -2.08. The maximum absolute atomic E-state index is 12.9. The Bertz CT molecular complexity index is 1570. The van der Waals surface area contributed by atoms with Crippen molar-refractivity contribution >= 4 is 43.2 Å². The van der Waals surface area contributed by atoms with E-state index in [1.807, 2.05) is 16.7 Å². The number of thiazole rings is 1. The highest BCUT2D eigenvalue weighted by Crippen LogP contribution is 2.37. The van der Waals surface area contributed by atoms with E-state index in [-0.39, 0.29) is 11.7 Å². The lowest BCUT2D eigenvalue weighted by atomic mass is 10.2. The second-order valence-corrected chi connectivity index (χ2v) is 10.1. The van der Waals surface area contributed by atoms with Crippen molar-refractivity contribution in [2.75, 3.05) is 11.5 Å². The van der Waals surface area contributed by atoms with E-state index in [0.29, 0.717) is 34.1 Å². The van der Waals surface area contributed by atoms with Gasteiger partial charge in [-0.05, 0) is 36.4 Å². The number of ether oxygens (including phenoxy) is 2. The van der Waals surface area contributed by atoms with E-state index in [0.717, 1.165) is 10.2 Å². The number of hydrogen-bond acceptors (Lipinski definition) is 6. The molecule has 4 aromatic rings. The average Bonchev–Trinajstić information content (AvgIpc) is 3.42. The lowest BCUT2D eigenvalue weighted by Crippen LogP contribution is -2.16. The first-order chi connectivity index (χ1) is 16.4. The van der Waals surface area contributed by atoms with Crippen LogP contribution in [0.3, 0.4) is 0 Å². The molecule has 2 heterocycles. The zero-order chi connectivity index (χ0) is 23.7. The second kappa shape index (κ2) is 8.81. The quantitative estimate of drug-likeness (QED) is 0.407. The number of sulfonamides is 1. The predicted octanol–water partition coefficient (Wildman–Crippen LogP) is 4.16. The number of carbonyl (C=O) groups excluding carboxylic acids is 1. The first kappa shape index (κ1) is 21.9. The van der Waals surface area contributed by atoms with Crippen molar-refractivity contribution in [1.29, 1.82) is 0 Å². The first-order valence-electron chi connectivity index (χ1n) is 10.3. The third kappa shape index (κ3) is 4.20. The van der Waals surface area contributed by atoms with Crippen LogP contribution in [0.1, 0.15) is 10.4 Å². The molecule has 0 atom stereocenters. The van der Waals surface area contributed by atoms with Crippen molar-refractivity contribution in [3.05, 3.63) is 89.7 Å². The molecule has 172 valence electrons. The molecule has 0 radical (unpaired) electrons. The summed E-state index contributed by atoms with van der Waals surface area (Å²) < 4.78 is 41.2. The molecule has 0 spiro atoms. The number of benzene rings is 3. The third-order valence-corrected chi connectivity index (χ3v) is 7.56. The highest BCUT2D eigenvalue weighted by Gasteiger charge is 2.18. The number of rotatable bonds is 6. The van der Waals surface area contributed by atoms with Crippen LogP contribution in [-0.2, 0) is 16.6 Å². The van der Waals surface area contributed by atoms with Gasteiger partial charge in [0.1, 0.15) is 0 Å². The van der Waals surface area contributed by atoms with E-state index in [1.54, 1.807) is 24.3 Å². The molecule has 8 nitrogen and oxygen atoms in total. The first-order valence-corrected chi connectivity index (χ1v) is 12.6. The van der Waals surface area contributed by atoms with E-state index in [1.165, 1.54) is 47.7 Å². The summed E-state index contributed by atoms with van der Waals surface area (Å²) in [5.41, 5.74) is 1.55. The Morgan fingerprint density at radius 1 is 1.09 bits per heavy atom. The fraction of sp³-hybridized carbons (Fsp3) is 0.0833. The van der Waals surface area contributed by atoms with Crippen LogP contribution in [0.4, 0.5) is 5.69 Å². The normalized spacial score (nSPS) is 13.2. The molecule has 1 amide bonds. The van der Waals surface area contributed by atoms with E-state index in [9.17, 15) is 13.2 Å². The number of amides is 1. The van der Waals surface area contributed by atoms with Gasteiger partial charge >= 0.3 is 0 Å². The topological polar surface area (TPSA) is 99.0 Å². The van der Waals surface area contributed by atoms with Gasteiger partial charge in [-0.2, -0.15) is 4.99 Å². The number of aromatic nitrogens is 1. The summed E-state index contributed by atoms with van der Waals surface area (Å²) in [6.45, 7) is 4.45. The second-order valence-electron chi connectivity index (χ2n) is 7.37. The Labute approximate surface area is 199 Å². The molecule has 10 heteroatoms. The predicted molar refractivity (Wildman–Crippen MR) is 130 cm³/mol. The standard InChI is InChI=1S/C24H19N3O5S2/c1-2-12-27-19-13-20-21(32-15-31-20)14-22(19)33-24(27)25-23(28)16-8-10-17(11-9-16)26-34(29,30)18-6-4-3-5-7-18/h2-11,13-14,26H,1,12,15H2. The van der Waals surface area contributed by atoms with Crippen LogP contribution in [0.15, 0.2) is 89.3 Å². The molecule has 34 heavy (non-hydrogen) atoms. The Morgan fingerprint density at radius 3 is 2.50 bits per heavy atom. The number of nitrogens with zero attached hydrogens (tertiary/aromatic N) is 2. The molecule has 1 aromatic heterocycles. The Hall–Kier alpha value is -3.89. The van der Waals surface area contributed by atoms with Crippen molar-refractivity contribution in [3.8, 4) is 11.5 Å². The fourth-order valence-electron chi connectivity index (χ4n) is 3.50. The van der Waals surface area contributed by atoms with Crippen LogP contribution < -0.4 is 19.0 Å². The van der Waals surface area contributed by atoms with Crippen LogP contribution in [0, 0.1) is 0 Å². The molecule has 1 aliphatic rings. The van der Waals surface area contributed by atoms with Gasteiger partial charge in [0, 0.05) is 29.9 Å². The molecule has 0 saturated carbocycles. The van der Waals surface area contributed by atoms with Gasteiger partial charge in [0.2, 0.25) is 6.79 Å². The molecule has 3 aromatic carbocycles. The summed E-state index contributed by atoms with van der Waals surface area (Å²) in [5.74, 6) is 0.863. The Kier molecular flexibility index (Phi) is 5.68. The zero-order valence-corrected chi connectivity index (χ0v) is 19.4. The number of nitrogens with one attached hydrogen (secondary N) is 1. The summed E-state index contributed by atoms with van der Waals surface area (Å²) in [5, 5.41) is 0. The molecule has 1 aliphatic heterocycles. The molecular formula is C24H19N3O5S2. The summed E-state index contributed by atoms with van der Waals surface area (Å²) in [6.07, 6.45) is 1.73. The van der Waals surface area contributed by atoms with E-state index < -0.39 is 15.9 Å². The van der Waals surface area contributed by atoms with Crippen molar-refractivity contribution < 1.29 is 22.7 Å². The van der Waals surface area contributed by atoms with Gasteiger partial charge < -0.3 is 14.0 Å². The maximum atomic E-state index is 12.9. The highest BCUT2D eigenvalue weighted by molar-refractivity contribution is 7.92. The van der Waals surface area contributed by atoms with Crippen molar-refractivity contribution in [3.63, 3.8) is 0 Å². The van der Waals surface area contributed by atoms with Gasteiger partial charge in [0.25, 0.3) is 15.9 Å². The van der Waals surface area contributed by atoms with E-state index in [2.05, 4.69) is 16.3 Å². The van der Waals surface area contributed by atoms with Gasteiger partial charge in [-0.25, -0.2) is 8.42 Å². The van der Waals surface area contributed by atoms with Crippen molar-refractivity contribution in [2.24, 2.45) is 4.99 Å². The Morgan fingerprint density at radius 2 is 1.79 bits per heavy atom. The zero-order valence-electron chi connectivity index (χ0n) is 17.8. The monoisotopic (exact) mass is 493 g/mol. The maximum Gasteiger partial charge on any atom is 0.279 e. The minimum atomic E-state index is -3.72. The number of anilines is 1. The minimum Gasteiger partial charge on any atom is -0.454 e. The number of carbonyl (C=O) groups is 1. The average molecular weight is 494 g/mol. The molecule has 1 N–H and O–H groups in total. The largest absolute Gasteiger partial charge is 0.454 e. The van der Waals surface area contributed by atoms with Crippen molar-refractivity contribution in [1.82, 2.24) is 4.57 Å². The summed E-state index contributed by atoms with van der Waals surface area (Å²) in [4.78, 5) is 17.9. The smallest absolute Gasteiger partial charge is 0.279 e. The molecule has 0 saturated heterocycles. The van der Waals surface area contributed by atoms with E-state index in [4.69, 9.17) is 9.47 Å². The van der Waals surface area contributed by atoms with Gasteiger partial charge in [-0.15, -0.1) is 6.58 Å².